The number of aryl methyl sites for hydroxylation is 2. The van der Waals surface area contributed by atoms with Crippen LogP contribution in [-0.4, -0.2) is 13.1 Å². The molecule has 0 amide bonds. The number of ether oxygens (including phenoxy) is 1. The molecule has 1 rings (SSSR count). The first-order valence-electron chi connectivity index (χ1n) is 5.14. The molecular formula is C13H17NO2. The molecule has 0 heterocycles. The van der Waals surface area contributed by atoms with Crippen LogP contribution in [0.1, 0.15) is 23.1 Å². The molecule has 1 aromatic carbocycles. The summed E-state index contributed by atoms with van der Waals surface area (Å²) in [5, 5.41) is 0. The van der Waals surface area contributed by atoms with E-state index in [0.717, 1.165) is 22.4 Å². The monoisotopic (exact) mass is 219 g/mol. The quantitative estimate of drug-likeness (QED) is 0.627. The van der Waals surface area contributed by atoms with E-state index >= 15 is 0 Å². The van der Waals surface area contributed by atoms with Crippen LogP contribution in [-0.2, 0) is 9.53 Å². The molecule has 3 heteroatoms. The van der Waals surface area contributed by atoms with Crippen molar-refractivity contribution in [2.24, 2.45) is 0 Å². The average Bonchev–Trinajstić information content (AvgIpc) is 2.25. The Kier molecular flexibility index (Phi) is 4.11. The molecule has 0 unspecified atom stereocenters. The van der Waals surface area contributed by atoms with Gasteiger partial charge in [-0.05, 0) is 42.7 Å². The van der Waals surface area contributed by atoms with E-state index in [9.17, 15) is 4.79 Å². The van der Waals surface area contributed by atoms with Crippen molar-refractivity contribution in [3.8, 4) is 0 Å². The smallest absolute Gasteiger partial charge is 0.309 e. The summed E-state index contributed by atoms with van der Waals surface area (Å²) in [4.78, 5) is 10.9. The Hall–Kier alpha value is -1.77. The summed E-state index contributed by atoms with van der Waals surface area (Å²) >= 11 is 0. The van der Waals surface area contributed by atoms with Crippen LogP contribution >= 0.6 is 0 Å². The summed E-state index contributed by atoms with van der Waals surface area (Å²) in [6.45, 7) is 3.96. The number of benzene rings is 1. The van der Waals surface area contributed by atoms with E-state index in [-0.39, 0.29) is 5.97 Å². The molecule has 0 aliphatic rings. The van der Waals surface area contributed by atoms with Crippen LogP contribution < -0.4 is 5.73 Å². The summed E-state index contributed by atoms with van der Waals surface area (Å²) in [6, 6.07) is 3.95. The Labute approximate surface area is 95.9 Å². The predicted molar refractivity (Wildman–Crippen MR) is 66.0 cm³/mol. The van der Waals surface area contributed by atoms with E-state index < -0.39 is 0 Å². The number of carbonyl (C=O) groups excluding carboxylic acids is 1. The molecule has 0 saturated carbocycles. The number of esters is 1. The second-order valence-corrected chi connectivity index (χ2v) is 3.75. The van der Waals surface area contributed by atoms with Gasteiger partial charge in [0.1, 0.15) is 0 Å². The molecule has 0 fully saturated rings. The van der Waals surface area contributed by atoms with Gasteiger partial charge in [0.2, 0.25) is 0 Å². The van der Waals surface area contributed by atoms with Gasteiger partial charge in [-0.15, -0.1) is 0 Å². The summed E-state index contributed by atoms with van der Waals surface area (Å²) < 4.78 is 4.55. The van der Waals surface area contributed by atoms with Crippen LogP contribution in [0, 0.1) is 13.8 Å². The van der Waals surface area contributed by atoms with Crippen molar-refractivity contribution in [1.82, 2.24) is 0 Å². The molecule has 0 aromatic heterocycles. The van der Waals surface area contributed by atoms with Crippen molar-refractivity contribution >= 4 is 17.7 Å². The standard InChI is InChI=1S/C13H17NO2/c1-9-8-12(14)10(2)7-11(9)5-4-6-13(15)16-3/h4-5,7-8H,6,14H2,1-3H3. The second-order valence-electron chi connectivity index (χ2n) is 3.75. The number of rotatable bonds is 3. The first kappa shape index (κ1) is 12.3. The van der Waals surface area contributed by atoms with Crippen LogP contribution in [0.15, 0.2) is 18.2 Å². The highest BCUT2D eigenvalue weighted by molar-refractivity contribution is 5.73. The van der Waals surface area contributed by atoms with Gasteiger partial charge < -0.3 is 10.5 Å². The lowest BCUT2D eigenvalue weighted by Crippen LogP contribution is -1.97. The molecule has 3 nitrogen and oxygen atoms in total. The van der Waals surface area contributed by atoms with E-state index in [2.05, 4.69) is 4.74 Å². The summed E-state index contributed by atoms with van der Waals surface area (Å²) in [7, 11) is 1.38. The summed E-state index contributed by atoms with van der Waals surface area (Å²) in [6.07, 6.45) is 4.00. The molecule has 2 N–H and O–H groups in total. The minimum Gasteiger partial charge on any atom is -0.469 e. The number of carbonyl (C=O) groups is 1. The zero-order valence-corrected chi connectivity index (χ0v) is 9.91. The van der Waals surface area contributed by atoms with Gasteiger partial charge in [0, 0.05) is 5.69 Å². The van der Waals surface area contributed by atoms with Crippen LogP contribution in [0.5, 0.6) is 0 Å². The predicted octanol–water partition coefficient (Wildman–Crippen LogP) is 2.46. The topological polar surface area (TPSA) is 52.3 Å². The molecule has 0 spiro atoms. The first-order chi connectivity index (χ1) is 7.54. The molecule has 0 radical (unpaired) electrons. The zero-order valence-electron chi connectivity index (χ0n) is 9.91. The minimum absolute atomic E-state index is 0.235. The maximum absolute atomic E-state index is 10.9. The molecular weight excluding hydrogens is 202 g/mol. The van der Waals surface area contributed by atoms with E-state index in [4.69, 9.17) is 5.73 Å². The van der Waals surface area contributed by atoms with Crippen molar-refractivity contribution < 1.29 is 9.53 Å². The summed E-state index contributed by atoms with van der Waals surface area (Å²) in [5.41, 5.74) is 9.81. The zero-order chi connectivity index (χ0) is 12.1. The Bertz CT molecular complexity index is 422. The Morgan fingerprint density at radius 3 is 2.69 bits per heavy atom. The number of hydrogen-bond donors (Lipinski definition) is 1. The van der Waals surface area contributed by atoms with Crippen LogP contribution in [0.4, 0.5) is 5.69 Å². The number of nitrogen functional groups attached to an aromatic ring is 1. The molecule has 0 bridgehead atoms. The fourth-order valence-corrected chi connectivity index (χ4v) is 1.41. The van der Waals surface area contributed by atoms with Crippen LogP contribution in [0.2, 0.25) is 0 Å². The molecule has 1 aromatic rings. The van der Waals surface area contributed by atoms with Crippen LogP contribution in [0.3, 0.4) is 0 Å². The number of methoxy groups -OCH3 is 1. The Morgan fingerprint density at radius 2 is 2.06 bits per heavy atom. The van der Waals surface area contributed by atoms with Gasteiger partial charge >= 0.3 is 5.97 Å². The third-order valence-electron chi connectivity index (χ3n) is 2.46. The van der Waals surface area contributed by atoms with Gasteiger partial charge in [-0.25, -0.2) is 0 Å². The first-order valence-corrected chi connectivity index (χ1v) is 5.14. The normalized spacial score (nSPS) is 10.7. The highest BCUT2D eigenvalue weighted by Gasteiger charge is 2.00. The van der Waals surface area contributed by atoms with Crippen LogP contribution in [0.25, 0.3) is 6.08 Å². The molecule has 16 heavy (non-hydrogen) atoms. The van der Waals surface area contributed by atoms with Crippen molar-refractivity contribution in [3.05, 3.63) is 34.9 Å². The lowest BCUT2D eigenvalue weighted by molar-refractivity contribution is -0.139. The van der Waals surface area contributed by atoms with Gasteiger partial charge in [-0.3, -0.25) is 4.79 Å². The maximum Gasteiger partial charge on any atom is 0.309 e. The van der Waals surface area contributed by atoms with Gasteiger partial charge in [0.05, 0.1) is 13.5 Å². The summed E-state index contributed by atoms with van der Waals surface area (Å²) in [5.74, 6) is -0.235. The van der Waals surface area contributed by atoms with Gasteiger partial charge in [0.15, 0.2) is 0 Å². The van der Waals surface area contributed by atoms with Gasteiger partial charge in [0.25, 0.3) is 0 Å². The van der Waals surface area contributed by atoms with E-state index in [1.54, 1.807) is 6.08 Å². The minimum atomic E-state index is -0.235. The third-order valence-corrected chi connectivity index (χ3v) is 2.46. The Balaban J connectivity index is 2.81. The van der Waals surface area contributed by atoms with Crippen molar-refractivity contribution in [2.45, 2.75) is 20.3 Å². The molecule has 86 valence electrons. The number of nitrogens with two attached hydrogens (primary N) is 1. The molecule has 0 atom stereocenters. The van der Waals surface area contributed by atoms with Gasteiger partial charge in [-0.1, -0.05) is 12.2 Å². The fourth-order valence-electron chi connectivity index (χ4n) is 1.41. The molecule has 0 saturated heterocycles. The highest BCUT2D eigenvalue weighted by Crippen LogP contribution is 2.18. The van der Waals surface area contributed by atoms with Crippen molar-refractivity contribution in [1.29, 1.82) is 0 Å². The van der Waals surface area contributed by atoms with E-state index in [1.807, 2.05) is 32.1 Å². The van der Waals surface area contributed by atoms with E-state index in [0.29, 0.717) is 6.42 Å². The second kappa shape index (κ2) is 5.35. The molecule has 0 aliphatic heterocycles. The number of hydrogen-bond acceptors (Lipinski definition) is 3. The van der Waals surface area contributed by atoms with Crippen molar-refractivity contribution in [3.63, 3.8) is 0 Å². The van der Waals surface area contributed by atoms with Gasteiger partial charge in [-0.2, -0.15) is 0 Å². The largest absolute Gasteiger partial charge is 0.469 e. The lowest BCUT2D eigenvalue weighted by atomic mass is 10.0. The average molecular weight is 219 g/mol. The molecule has 0 aliphatic carbocycles. The third kappa shape index (κ3) is 3.12. The fraction of sp³-hybridized carbons (Fsp3) is 0.308. The maximum atomic E-state index is 10.9. The van der Waals surface area contributed by atoms with E-state index in [1.165, 1.54) is 7.11 Å². The Morgan fingerprint density at radius 1 is 1.38 bits per heavy atom. The lowest BCUT2D eigenvalue weighted by Gasteiger charge is -2.05. The number of anilines is 1. The highest BCUT2D eigenvalue weighted by atomic mass is 16.5. The SMILES string of the molecule is COC(=O)CC=Cc1cc(C)c(N)cc1C. The van der Waals surface area contributed by atoms with Crippen molar-refractivity contribution in [2.75, 3.05) is 12.8 Å².